The summed E-state index contributed by atoms with van der Waals surface area (Å²) in [5.74, 6) is 0. The van der Waals surface area contributed by atoms with Gasteiger partial charge in [-0.2, -0.15) is 17.0 Å². The highest BCUT2D eigenvalue weighted by atomic mass is 32.2. The standard InChI is InChI=1S/C11H25N3O2S/c1-9(2)13(4)17(15,16)14-8-6-5-7-11(14)10(3)12/h9-11H,5-8,12H2,1-4H3. The Balaban J connectivity index is 2.95. The summed E-state index contributed by atoms with van der Waals surface area (Å²) in [6, 6.07) is -0.212. The monoisotopic (exact) mass is 263 g/mol. The largest absolute Gasteiger partial charge is 0.326 e. The zero-order chi connectivity index (χ0) is 13.2. The molecule has 2 atom stereocenters. The van der Waals surface area contributed by atoms with Crippen molar-refractivity contribution in [1.82, 2.24) is 8.61 Å². The zero-order valence-electron chi connectivity index (χ0n) is 11.3. The summed E-state index contributed by atoms with van der Waals surface area (Å²) in [6.45, 7) is 6.23. The molecule has 17 heavy (non-hydrogen) atoms. The zero-order valence-corrected chi connectivity index (χ0v) is 12.1. The van der Waals surface area contributed by atoms with Gasteiger partial charge in [-0.15, -0.1) is 0 Å². The molecular formula is C11H25N3O2S. The second kappa shape index (κ2) is 5.65. The summed E-state index contributed by atoms with van der Waals surface area (Å²) in [5, 5.41) is 0. The van der Waals surface area contributed by atoms with E-state index < -0.39 is 10.2 Å². The first-order valence-electron chi connectivity index (χ1n) is 6.29. The quantitative estimate of drug-likeness (QED) is 0.815. The van der Waals surface area contributed by atoms with E-state index in [4.69, 9.17) is 5.73 Å². The summed E-state index contributed by atoms with van der Waals surface area (Å²) in [5.41, 5.74) is 5.91. The molecule has 0 spiro atoms. The van der Waals surface area contributed by atoms with Crippen LogP contribution in [0.15, 0.2) is 0 Å². The molecule has 6 heteroatoms. The van der Waals surface area contributed by atoms with Crippen LogP contribution in [0.25, 0.3) is 0 Å². The van der Waals surface area contributed by atoms with Crippen LogP contribution in [-0.4, -0.2) is 48.7 Å². The summed E-state index contributed by atoms with van der Waals surface area (Å²) >= 11 is 0. The fourth-order valence-electron chi connectivity index (χ4n) is 2.17. The lowest BCUT2D eigenvalue weighted by Crippen LogP contribution is -2.56. The van der Waals surface area contributed by atoms with E-state index in [9.17, 15) is 8.42 Å². The first kappa shape index (κ1) is 14.9. The Kier molecular flexibility index (Phi) is 4.95. The minimum atomic E-state index is -3.37. The summed E-state index contributed by atoms with van der Waals surface area (Å²) in [4.78, 5) is 0. The molecule has 0 aromatic carbocycles. The van der Waals surface area contributed by atoms with Gasteiger partial charge in [-0.25, -0.2) is 0 Å². The van der Waals surface area contributed by atoms with Gasteiger partial charge in [0.15, 0.2) is 0 Å². The van der Waals surface area contributed by atoms with E-state index in [0.29, 0.717) is 6.54 Å². The normalized spacial score (nSPS) is 25.5. The Bertz CT molecular complexity index is 341. The molecule has 1 saturated heterocycles. The van der Waals surface area contributed by atoms with Crippen molar-refractivity contribution in [2.45, 2.75) is 58.2 Å². The second-order valence-electron chi connectivity index (χ2n) is 5.15. The van der Waals surface area contributed by atoms with E-state index in [0.717, 1.165) is 19.3 Å². The number of nitrogens with two attached hydrogens (primary N) is 1. The fourth-order valence-corrected chi connectivity index (χ4v) is 4.04. The summed E-state index contributed by atoms with van der Waals surface area (Å²) in [6.07, 6.45) is 2.85. The molecule has 0 aromatic rings. The molecule has 0 bridgehead atoms. The van der Waals surface area contributed by atoms with Gasteiger partial charge in [0.1, 0.15) is 0 Å². The molecule has 1 aliphatic heterocycles. The van der Waals surface area contributed by atoms with E-state index >= 15 is 0 Å². The van der Waals surface area contributed by atoms with Crippen molar-refractivity contribution < 1.29 is 8.42 Å². The van der Waals surface area contributed by atoms with E-state index in [1.807, 2.05) is 20.8 Å². The summed E-state index contributed by atoms with van der Waals surface area (Å²) < 4.78 is 27.9. The molecule has 1 rings (SSSR count). The van der Waals surface area contributed by atoms with Gasteiger partial charge in [-0.3, -0.25) is 0 Å². The van der Waals surface area contributed by atoms with Gasteiger partial charge in [0.25, 0.3) is 10.2 Å². The molecular weight excluding hydrogens is 238 g/mol. The molecule has 0 amide bonds. The maximum Gasteiger partial charge on any atom is 0.282 e. The van der Waals surface area contributed by atoms with E-state index in [-0.39, 0.29) is 18.1 Å². The molecule has 0 radical (unpaired) electrons. The molecule has 5 nitrogen and oxygen atoms in total. The van der Waals surface area contributed by atoms with Crippen LogP contribution in [0, 0.1) is 0 Å². The van der Waals surface area contributed by atoms with Gasteiger partial charge >= 0.3 is 0 Å². The predicted octanol–water partition coefficient (Wildman–Crippen LogP) is 0.773. The van der Waals surface area contributed by atoms with E-state index in [1.165, 1.54) is 4.31 Å². The first-order valence-corrected chi connectivity index (χ1v) is 7.68. The van der Waals surface area contributed by atoms with Gasteiger partial charge in [0.05, 0.1) is 0 Å². The van der Waals surface area contributed by atoms with Gasteiger partial charge in [-0.05, 0) is 33.6 Å². The van der Waals surface area contributed by atoms with Crippen molar-refractivity contribution >= 4 is 10.2 Å². The lowest BCUT2D eigenvalue weighted by Gasteiger charge is -2.39. The minimum Gasteiger partial charge on any atom is -0.326 e. The van der Waals surface area contributed by atoms with Crippen molar-refractivity contribution in [3.05, 3.63) is 0 Å². The van der Waals surface area contributed by atoms with Gasteiger partial charge in [-0.1, -0.05) is 6.42 Å². The smallest absolute Gasteiger partial charge is 0.282 e. The second-order valence-corrected chi connectivity index (χ2v) is 7.09. The van der Waals surface area contributed by atoms with Crippen LogP contribution in [-0.2, 0) is 10.2 Å². The Labute approximate surface area is 105 Å². The van der Waals surface area contributed by atoms with Gasteiger partial charge < -0.3 is 5.73 Å². The van der Waals surface area contributed by atoms with Crippen molar-refractivity contribution in [3.63, 3.8) is 0 Å². The van der Waals surface area contributed by atoms with Crippen LogP contribution in [0.3, 0.4) is 0 Å². The van der Waals surface area contributed by atoms with Crippen molar-refractivity contribution in [1.29, 1.82) is 0 Å². The molecule has 1 fully saturated rings. The minimum absolute atomic E-state index is 0.0318. The number of piperidine rings is 1. The number of hydrogen-bond donors (Lipinski definition) is 1. The van der Waals surface area contributed by atoms with Crippen molar-refractivity contribution in [2.75, 3.05) is 13.6 Å². The third-order valence-electron chi connectivity index (χ3n) is 3.49. The molecule has 2 N–H and O–H groups in total. The first-order chi connectivity index (χ1) is 7.78. The van der Waals surface area contributed by atoms with Crippen LogP contribution < -0.4 is 5.73 Å². The highest BCUT2D eigenvalue weighted by Gasteiger charge is 2.37. The predicted molar refractivity (Wildman–Crippen MR) is 69.8 cm³/mol. The van der Waals surface area contributed by atoms with Crippen LogP contribution >= 0.6 is 0 Å². The lowest BCUT2D eigenvalue weighted by atomic mass is 10.00. The lowest BCUT2D eigenvalue weighted by molar-refractivity contribution is 0.209. The SMILES string of the molecule is CC(N)C1CCCCN1S(=O)(=O)N(C)C(C)C. The fraction of sp³-hybridized carbons (Fsp3) is 1.00. The topological polar surface area (TPSA) is 66.6 Å². The van der Waals surface area contributed by atoms with Crippen molar-refractivity contribution in [2.24, 2.45) is 5.73 Å². The summed E-state index contributed by atoms with van der Waals surface area (Å²) in [7, 11) is -1.74. The molecule has 1 aliphatic rings. The van der Waals surface area contributed by atoms with Crippen LogP contribution in [0.4, 0.5) is 0 Å². The Morgan fingerprint density at radius 1 is 1.29 bits per heavy atom. The molecule has 102 valence electrons. The third-order valence-corrected chi connectivity index (χ3v) is 5.69. The average molecular weight is 263 g/mol. The highest BCUT2D eigenvalue weighted by Crippen LogP contribution is 2.24. The molecule has 2 unspecified atom stereocenters. The van der Waals surface area contributed by atoms with E-state index in [1.54, 1.807) is 11.4 Å². The average Bonchev–Trinajstić information content (AvgIpc) is 2.27. The van der Waals surface area contributed by atoms with Gasteiger partial charge in [0.2, 0.25) is 0 Å². The Hall–Kier alpha value is -0.170. The van der Waals surface area contributed by atoms with Crippen LogP contribution in [0.5, 0.6) is 0 Å². The Morgan fingerprint density at radius 3 is 2.35 bits per heavy atom. The molecule has 0 saturated carbocycles. The third kappa shape index (κ3) is 3.19. The van der Waals surface area contributed by atoms with Crippen LogP contribution in [0.2, 0.25) is 0 Å². The van der Waals surface area contributed by atoms with Crippen LogP contribution in [0.1, 0.15) is 40.0 Å². The maximum atomic E-state index is 12.4. The number of nitrogens with zero attached hydrogens (tertiary/aromatic N) is 2. The highest BCUT2D eigenvalue weighted by molar-refractivity contribution is 7.86. The number of rotatable bonds is 4. The molecule has 0 aliphatic carbocycles. The maximum absolute atomic E-state index is 12.4. The molecule has 0 aromatic heterocycles. The Morgan fingerprint density at radius 2 is 1.88 bits per heavy atom. The van der Waals surface area contributed by atoms with E-state index in [2.05, 4.69) is 0 Å². The van der Waals surface area contributed by atoms with Gasteiger partial charge in [0, 0.05) is 31.7 Å². The number of hydrogen-bond acceptors (Lipinski definition) is 3. The molecule has 1 heterocycles. The van der Waals surface area contributed by atoms with Crippen molar-refractivity contribution in [3.8, 4) is 0 Å².